The second kappa shape index (κ2) is 9.38. The molecule has 10 nitrogen and oxygen atoms in total. The lowest BCUT2D eigenvalue weighted by Crippen LogP contribution is -2.65. The fourth-order valence-corrected chi connectivity index (χ4v) is 6.57. The first-order chi connectivity index (χ1) is 19.1. The molecular formula is C29H29F2N3O7. The summed E-state index contributed by atoms with van der Waals surface area (Å²) in [6.07, 6.45) is 0.0397. The fraction of sp³-hybridized carbons (Fsp3) is 0.345. The highest BCUT2D eigenvalue weighted by molar-refractivity contribution is 6.24. The minimum absolute atomic E-state index is 0.0477. The molecule has 3 aliphatic carbocycles. The van der Waals surface area contributed by atoms with Crippen LogP contribution in [0.15, 0.2) is 41.2 Å². The number of fused-ring (bicyclic) bond motifs is 3. The lowest BCUT2D eigenvalue weighted by molar-refractivity contribution is -0.153. The molecule has 0 aliphatic heterocycles. The quantitative estimate of drug-likeness (QED) is 0.346. The van der Waals surface area contributed by atoms with Crippen molar-refractivity contribution >= 4 is 28.9 Å². The van der Waals surface area contributed by atoms with Crippen molar-refractivity contribution in [2.24, 2.45) is 17.6 Å². The van der Waals surface area contributed by atoms with Crippen molar-refractivity contribution in [3.8, 4) is 16.9 Å². The Labute approximate surface area is 233 Å². The number of nitrogens with zero attached hydrogens (tertiary/aromatic N) is 2. The monoisotopic (exact) mass is 569 g/mol. The zero-order chi connectivity index (χ0) is 30.3. The van der Waals surface area contributed by atoms with E-state index in [1.165, 1.54) is 25.1 Å². The zero-order valence-electron chi connectivity index (χ0n) is 22.7. The van der Waals surface area contributed by atoms with Gasteiger partial charge < -0.3 is 31.1 Å². The minimum Gasteiger partial charge on any atom is -0.508 e. The molecule has 1 amide bonds. The number of likely N-dealkylation sites (N-methyl/N-ethyl adjacent to an activating group) is 1. The standard InChI is InChI=1S/C29H29F2N3O7/c1-33(2)18-10-13(11-5-6-16(30)17(31)9-11)23(35)20-14(18)7-12-8-15-22(34(3)4)25(37)21(28(32)40)27(39)29(15,41)26(38)19(12)24(20)36/h5-6,9-10,12,15,22,35-36,39,41H,7-8H2,1-4H3,(H2,32,40)/t12-,15-,22-,29-/m0/s1. The van der Waals surface area contributed by atoms with Gasteiger partial charge >= 0.3 is 0 Å². The highest BCUT2D eigenvalue weighted by Crippen LogP contribution is 2.54. The number of amides is 1. The molecule has 41 heavy (non-hydrogen) atoms. The smallest absolute Gasteiger partial charge is 0.255 e. The van der Waals surface area contributed by atoms with E-state index in [0.29, 0.717) is 11.3 Å². The second-order valence-corrected chi connectivity index (χ2v) is 11.1. The van der Waals surface area contributed by atoms with Crippen molar-refractivity contribution in [1.29, 1.82) is 0 Å². The van der Waals surface area contributed by atoms with E-state index in [-0.39, 0.29) is 35.1 Å². The number of benzene rings is 2. The molecule has 6 N–H and O–H groups in total. The van der Waals surface area contributed by atoms with Gasteiger partial charge in [0.25, 0.3) is 5.91 Å². The van der Waals surface area contributed by atoms with E-state index in [1.54, 1.807) is 25.1 Å². The van der Waals surface area contributed by atoms with Gasteiger partial charge in [0.05, 0.1) is 11.6 Å². The molecule has 0 aromatic heterocycles. The summed E-state index contributed by atoms with van der Waals surface area (Å²) in [5.41, 5.74) is 2.35. The van der Waals surface area contributed by atoms with E-state index in [0.717, 1.165) is 12.1 Å². The molecule has 0 heterocycles. The number of hydrogen-bond donors (Lipinski definition) is 5. The van der Waals surface area contributed by atoms with E-state index in [2.05, 4.69) is 0 Å². The molecule has 3 aliphatic rings. The van der Waals surface area contributed by atoms with Crippen LogP contribution in [0.25, 0.3) is 16.9 Å². The van der Waals surface area contributed by atoms with Gasteiger partial charge in [-0.15, -0.1) is 0 Å². The number of ketones is 2. The van der Waals surface area contributed by atoms with Gasteiger partial charge in [0.1, 0.15) is 22.8 Å². The van der Waals surface area contributed by atoms with E-state index in [9.17, 15) is 43.6 Å². The molecular weight excluding hydrogens is 540 g/mol. The van der Waals surface area contributed by atoms with Crippen LogP contribution in [0.4, 0.5) is 14.5 Å². The summed E-state index contributed by atoms with van der Waals surface area (Å²) in [6.45, 7) is 0. The molecule has 12 heteroatoms. The molecule has 1 fully saturated rings. The number of phenolic OH excluding ortho intramolecular Hbond substituents is 1. The Bertz CT molecular complexity index is 1610. The number of aromatic hydroxyl groups is 1. The Kier molecular flexibility index (Phi) is 6.47. The van der Waals surface area contributed by atoms with E-state index < -0.39 is 75.4 Å². The Morgan fingerprint density at radius 2 is 1.71 bits per heavy atom. The number of aliphatic hydroxyl groups is 3. The average molecular weight is 570 g/mol. The van der Waals surface area contributed by atoms with E-state index >= 15 is 0 Å². The topological polar surface area (TPSA) is 165 Å². The molecule has 0 spiro atoms. The molecule has 2 aromatic rings. The summed E-state index contributed by atoms with van der Waals surface area (Å²) in [7, 11) is 6.46. The first-order valence-corrected chi connectivity index (χ1v) is 12.8. The first kappa shape index (κ1) is 28.2. The van der Waals surface area contributed by atoms with Crippen LogP contribution >= 0.6 is 0 Å². The van der Waals surface area contributed by atoms with Crippen LogP contribution in [0.2, 0.25) is 0 Å². The number of anilines is 1. The molecule has 0 saturated heterocycles. The molecule has 2 aromatic carbocycles. The van der Waals surface area contributed by atoms with Gasteiger partial charge in [-0.1, -0.05) is 6.07 Å². The lowest BCUT2D eigenvalue weighted by Gasteiger charge is -2.50. The van der Waals surface area contributed by atoms with Crippen molar-refractivity contribution in [1.82, 2.24) is 4.90 Å². The van der Waals surface area contributed by atoms with Gasteiger partial charge in [-0.05, 0) is 62.2 Å². The molecule has 0 bridgehead atoms. The van der Waals surface area contributed by atoms with Crippen LogP contribution in [0.5, 0.6) is 5.75 Å². The fourth-order valence-electron chi connectivity index (χ4n) is 6.57. The van der Waals surface area contributed by atoms with E-state index in [4.69, 9.17) is 5.73 Å². The minimum atomic E-state index is -2.76. The summed E-state index contributed by atoms with van der Waals surface area (Å²) in [5, 5.41) is 45.6. The molecule has 4 atom stereocenters. The van der Waals surface area contributed by atoms with Crippen LogP contribution in [0, 0.1) is 23.5 Å². The van der Waals surface area contributed by atoms with Gasteiger partial charge in [-0.25, -0.2) is 8.78 Å². The maximum absolute atomic E-state index is 14.1. The summed E-state index contributed by atoms with van der Waals surface area (Å²) in [6, 6.07) is 3.40. The van der Waals surface area contributed by atoms with Crippen molar-refractivity contribution in [3.05, 3.63) is 63.9 Å². The Hall–Kier alpha value is -4.29. The van der Waals surface area contributed by atoms with Crippen LogP contribution in [-0.4, -0.2) is 82.6 Å². The number of Topliss-reactive ketones (excluding diaryl/α,β-unsaturated/α-hetero) is 2. The highest BCUT2D eigenvalue weighted by Gasteiger charge is 2.64. The Morgan fingerprint density at radius 1 is 1.05 bits per heavy atom. The van der Waals surface area contributed by atoms with Crippen molar-refractivity contribution in [2.45, 2.75) is 24.5 Å². The highest BCUT2D eigenvalue weighted by atomic mass is 19.2. The van der Waals surface area contributed by atoms with Crippen molar-refractivity contribution < 1.29 is 43.6 Å². The zero-order valence-corrected chi connectivity index (χ0v) is 22.7. The molecule has 0 radical (unpaired) electrons. The Balaban J connectivity index is 1.78. The summed E-state index contributed by atoms with van der Waals surface area (Å²) in [5.74, 6) is -9.84. The predicted molar refractivity (Wildman–Crippen MR) is 144 cm³/mol. The number of nitrogens with two attached hydrogens (primary N) is 1. The summed E-state index contributed by atoms with van der Waals surface area (Å²) >= 11 is 0. The first-order valence-electron chi connectivity index (χ1n) is 12.8. The molecule has 5 rings (SSSR count). The predicted octanol–water partition coefficient (Wildman–Crippen LogP) is 1.98. The van der Waals surface area contributed by atoms with E-state index in [1.807, 2.05) is 0 Å². The molecule has 1 saturated carbocycles. The van der Waals surface area contributed by atoms with Crippen molar-refractivity contribution in [2.75, 3.05) is 33.1 Å². The number of aliphatic hydroxyl groups excluding tert-OH is 2. The van der Waals surface area contributed by atoms with Gasteiger partial charge in [-0.2, -0.15) is 0 Å². The third-order valence-corrected chi connectivity index (χ3v) is 8.41. The lowest BCUT2D eigenvalue weighted by atomic mass is 9.57. The molecule has 216 valence electrons. The number of rotatable bonds is 4. The van der Waals surface area contributed by atoms with Gasteiger partial charge in [0.2, 0.25) is 5.78 Å². The second-order valence-electron chi connectivity index (χ2n) is 11.1. The van der Waals surface area contributed by atoms with Gasteiger partial charge in [0.15, 0.2) is 23.0 Å². The van der Waals surface area contributed by atoms with Gasteiger partial charge in [-0.3, -0.25) is 19.3 Å². The number of hydrogen-bond acceptors (Lipinski definition) is 9. The number of carbonyl (C=O) groups excluding carboxylic acids is 3. The third-order valence-electron chi connectivity index (χ3n) is 8.41. The number of halogens is 2. The maximum atomic E-state index is 14.1. The Morgan fingerprint density at radius 3 is 2.27 bits per heavy atom. The number of phenols is 1. The number of carbonyl (C=O) groups is 3. The normalized spacial score (nSPS) is 25.7. The molecule has 0 unspecified atom stereocenters. The van der Waals surface area contributed by atoms with Crippen LogP contribution in [-0.2, 0) is 20.8 Å². The largest absolute Gasteiger partial charge is 0.508 e. The van der Waals surface area contributed by atoms with Crippen LogP contribution in [0.3, 0.4) is 0 Å². The van der Waals surface area contributed by atoms with Gasteiger partial charge in [0, 0.05) is 36.8 Å². The third kappa shape index (κ3) is 3.85. The van der Waals surface area contributed by atoms with Crippen LogP contribution in [0.1, 0.15) is 17.5 Å². The number of primary amides is 1. The summed E-state index contributed by atoms with van der Waals surface area (Å²) in [4.78, 5) is 42.5. The summed E-state index contributed by atoms with van der Waals surface area (Å²) < 4.78 is 27.7. The SMILES string of the molecule is CN(C)c1cc(-c2ccc(F)c(F)c2)c(O)c2c1C[C@H]1C[C@H]3[C@H](N(C)C)C(=O)C(C(N)=O)=C(O)[C@@]3(O)C(=O)C1=C2O. The van der Waals surface area contributed by atoms with Crippen LogP contribution < -0.4 is 10.6 Å². The average Bonchev–Trinajstić information content (AvgIpc) is 2.87. The van der Waals surface area contributed by atoms with Crippen molar-refractivity contribution in [3.63, 3.8) is 0 Å². The maximum Gasteiger partial charge on any atom is 0.255 e.